The minimum absolute atomic E-state index is 0.0887. The predicted molar refractivity (Wildman–Crippen MR) is 163 cm³/mol. The zero-order valence-corrected chi connectivity index (χ0v) is 25.6. The van der Waals surface area contributed by atoms with Gasteiger partial charge < -0.3 is 10.2 Å². The molecular weight excluding hydrogens is 558 g/mol. The van der Waals surface area contributed by atoms with Crippen LogP contribution < -0.4 is 9.62 Å². The Bertz CT molecular complexity index is 1480. The third-order valence-electron chi connectivity index (χ3n) is 7.66. The summed E-state index contributed by atoms with van der Waals surface area (Å²) in [5.74, 6) is -0.732. The fourth-order valence-corrected chi connectivity index (χ4v) is 6.70. The fourth-order valence-electron chi connectivity index (χ4n) is 5.10. The van der Waals surface area contributed by atoms with Crippen LogP contribution in [-0.2, 0) is 26.2 Å². The molecule has 0 spiro atoms. The van der Waals surface area contributed by atoms with Crippen molar-refractivity contribution in [3.05, 3.63) is 94.0 Å². The summed E-state index contributed by atoms with van der Waals surface area (Å²) in [6.45, 7) is 6.93. The van der Waals surface area contributed by atoms with Crippen LogP contribution in [0.25, 0.3) is 0 Å². The number of sulfonamides is 1. The third-order valence-corrected chi connectivity index (χ3v) is 9.68. The molecule has 1 aliphatic carbocycles. The second-order valence-electron chi connectivity index (χ2n) is 10.9. The minimum Gasteiger partial charge on any atom is -0.352 e. The average Bonchev–Trinajstić information content (AvgIpc) is 3.45. The van der Waals surface area contributed by atoms with Gasteiger partial charge in [-0.2, -0.15) is 0 Å². The van der Waals surface area contributed by atoms with Gasteiger partial charge in [0.2, 0.25) is 11.8 Å². The molecule has 0 radical (unpaired) electrons. The maximum atomic E-state index is 14.1. The molecule has 2 amide bonds. The van der Waals surface area contributed by atoms with Crippen LogP contribution in [0.4, 0.5) is 5.69 Å². The highest BCUT2D eigenvalue weighted by Gasteiger charge is 2.34. The zero-order chi connectivity index (χ0) is 29.7. The van der Waals surface area contributed by atoms with Gasteiger partial charge in [-0.1, -0.05) is 66.4 Å². The summed E-state index contributed by atoms with van der Waals surface area (Å²) in [7, 11) is -4.11. The average molecular weight is 596 g/mol. The summed E-state index contributed by atoms with van der Waals surface area (Å²) < 4.78 is 29.3. The molecule has 3 aromatic carbocycles. The van der Waals surface area contributed by atoms with Crippen molar-refractivity contribution in [3.63, 3.8) is 0 Å². The Kier molecular flexibility index (Phi) is 9.76. The van der Waals surface area contributed by atoms with Crippen LogP contribution in [0.15, 0.2) is 71.6 Å². The van der Waals surface area contributed by atoms with E-state index in [1.54, 1.807) is 61.5 Å². The zero-order valence-electron chi connectivity index (χ0n) is 24.1. The summed E-state index contributed by atoms with van der Waals surface area (Å²) in [6.07, 6.45) is 3.96. The standard InChI is InChI=1S/C32H38ClN3O4S/c1-22-10-17-29(18-11-22)41(39,40)36(30-19-23(2)9-12-24(30)3)21-31(37)35(20-26-13-15-27(33)16-14-26)25(4)32(38)34-28-7-5-6-8-28/h9-19,25,28H,5-8,20-21H2,1-4H3,(H,34,38)/t25-/m0/s1. The maximum Gasteiger partial charge on any atom is 0.264 e. The Morgan fingerprint density at radius 3 is 2.17 bits per heavy atom. The SMILES string of the molecule is Cc1ccc(S(=O)(=O)N(CC(=O)N(Cc2ccc(Cl)cc2)[C@@H](C)C(=O)NC2CCCC2)c2cc(C)ccc2C)cc1. The van der Waals surface area contributed by atoms with Gasteiger partial charge in [0.05, 0.1) is 10.6 Å². The second kappa shape index (κ2) is 13.1. The molecule has 1 aliphatic rings. The van der Waals surface area contributed by atoms with E-state index in [9.17, 15) is 18.0 Å². The first-order valence-corrected chi connectivity index (χ1v) is 15.8. The maximum absolute atomic E-state index is 14.1. The van der Waals surface area contributed by atoms with E-state index in [2.05, 4.69) is 5.32 Å². The van der Waals surface area contributed by atoms with E-state index in [-0.39, 0.29) is 23.4 Å². The number of halogens is 1. The van der Waals surface area contributed by atoms with Gasteiger partial charge in [0, 0.05) is 17.6 Å². The van der Waals surface area contributed by atoms with Crippen molar-refractivity contribution >= 4 is 39.1 Å². The van der Waals surface area contributed by atoms with Crippen LogP contribution in [-0.4, -0.2) is 43.8 Å². The Morgan fingerprint density at radius 2 is 1.54 bits per heavy atom. The topological polar surface area (TPSA) is 86.8 Å². The number of nitrogens with zero attached hydrogens (tertiary/aromatic N) is 2. The van der Waals surface area contributed by atoms with Crippen molar-refractivity contribution in [1.82, 2.24) is 10.2 Å². The van der Waals surface area contributed by atoms with Gasteiger partial charge in [-0.25, -0.2) is 8.42 Å². The Balaban J connectivity index is 1.71. The van der Waals surface area contributed by atoms with Gasteiger partial charge in [-0.05, 0) is 87.6 Å². The molecule has 1 fully saturated rings. The van der Waals surface area contributed by atoms with Crippen molar-refractivity contribution in [2.24, 2.45) is 0 Å². The van der Waals surface area contributed by atoms with Crippen molar-refractivity contribution in [2.45, 2.75) is 76.9 Å². The summed E-state index contributed by atoms with van der Waals surface area (Å²) in [5.41, 5.74) is 3.71. The first-order valence-electron chi connectivity index (χ1n) is 14.0. The summed E-state index contributed by atoms with van der Waals surface area (Å²) in [6, 6.07) is 18.4. The Labute approximate surface area is 248 Å². The van der Waals surface area contributed by atoms with Crippen LogP contribution >= 0.6 is 11.6 Å². The van der Waals surface area contributed by atoms with E-state index in [0.717, 1.165) is 47.9 Å². The van der Waals surface area contributed by atoms with Crippen molar-refractivity contribution < 1.29 is 18.0 Å². The number of carbonyl (C=O) groups is 2. The number of hydrogen-bond acceptors (Lipinski definition) is 4. The van der Waals surface area contributed by atoms with E-state index >= 15 is 0 Å². The summed E-state index contributed by atoms with van der Waals surface area (Å²) >= 11 is 6.08. The van der Waals surface area contributed by atoms with Crippen LogP contribution in [0.2, 0.25) is 5.02 Å². The van der Waals surface area contributed by atoms with E-state index in [1.165, 1.54) is 9.21 Å². The van der Waals surface area contributed by atoms with Crippen molar-refractivity contribution in [1.29, 1.82) is 0 Å². The Hall–Kier alpha value is -3.36. The quantitative estimate of drug-likeness (QED) is 0.314. The second-order valence-corrected chi connectivity index (χ2v) is 13.2. The summed E-state index contributed by atoms with van der Waals surface area (Å²) in [5, 5.41) is 3.65. The van der Waals surface area contributed by atoms with E-state index in [1.807, 2.05) is 32.9 Å². The minimum atomic E-state index is -4.11. The van der Waals surface area contributed by atoms with E-state index in [0.29, 0.717) is 10.7 Å². The number of aryl methyl sites for hydroxylation is 3. The smallest absolute Gasteiger partial charge is 0.264 e. The van der Waals surface area contributed by atoms with Crippen LogP contribution in [0.3, 0.4) is 0 Å². The number of amides is 2. The van der Waals surface area contributed by atoms with Crippen molar-refractivity contribution in [2.75, 3.05) is 10.8 Å². The Morgan fingerprint density at radius 1 is 0.927 bits per heavy atom. The van der Waals surface area contributed by atoms with Crippen LogP contribution in [0.5, 0.6) is 0 Å². The highest BCUT2D eigenvalue weighted by molar-refractivity contribution is 7.92. The molecule has 41 heavy (non-hydrogen) atoms. The van der Waals surface area contributed by atoms with Gasteiger partial charge in [0.15, 0.2) is 0 Å². The molecule has 9 heteroatoms. The molecule has 1 atom stereocenters. The number of benzene rings is 3. The summed E-state index contributed by atoms with van der Waals surface area (Å²) in [4.78, 5) is 29.0. The largest absolute Gasteiger partial charge is 0.352 e. The third kappa shape index (κ3) is 7.49. The highest BCUT2D eigenvalue weighted by atomic mass is 35.5. The molecule has 1 saturated carbocycles. The highest BCUT2D eigenvalue weighted by Crippen LogP contribution is 2.29. The lowest BCUT2D eigenvalue weighted by molar-refractivity contribution is -0.139. The fraction of sp³-hybridized carbons (Fsp3) is 0.375. The number of anilines is 1. The van der Waals surface area contributed by atoms with Gasteiger partial charge in [-0.15, -0.1) is 0 Å². The van der Waals surface area contributed by atoms with Gasteiger partial charge >= 0.3 is 0 Å². The van der Waals surface area contributed by atoms with Gasteiger partial charge in [0.1, 0.15) is 12.6 Å². The molecule has 0 heterocycles. The molecule has 218 valence electrons. The molecule has 0 bridgehead atoms. The lowest BCUT2D eigenvalue weighted by Crippen LogP contribution is -2.52. The molecule has 0 saturated heterocycles. The van der Waals surface area contributed by atoms with E-state index in [4.69, 9.17) is 11.6 Å². The number of nitrogens with one attached hydrogen (secondary N) is 1. The number of rotatable bonds is 10. The molecule has 4 rings (SSSR count). The lowest BCUT2D eigenvalue weighted by atomic mass is 10.1. The number of hydrogen-bond donors (Lipinski definition) is 1. The molecule has 3 aromatic rings. The van der Waals surface area contributed by atoms with Gasteiger partial charge in [0.25, 0.3) is 10.0 Å². The van der Waals surface area contributed by atoms with Gasteiger partial charge in [-0.3, -0.25) is 13.9 Å². The van der Waals surface area contributed by atoms with Crippen LogP contribution in [0, 0.1) is 20.8 Å². The lowest BCUT2D eigenvalue weighted by Gasteiger charge is -2.33. The van der Waals surface area contributed by atoms with E-state index < -0.39 is 28.5 Å². The molecule has 7 nitrogen and oxygen atoms in total. The first-order chi connectivity index (χ1) is 19.5. The predicted octanol–water partition coefficient (Wildman–Crippen LogP) is 5.94. The van der Waals surface area contributed by atoms with Crippen LogP contribution in [0.1, 0.15) is 54.9 Å². The molecular formula is C32H38ClN3O4S. The monoisotopic (exact) mass is 595 g/mol. The molecule has 0 aliphatic heterocycles. The first kappa shape index (κ1) is 30.6. The number of carbonyl (C=O) groups excluding carboxylic acids is 2. The van der Waals surface area contributed by atoms with Crippen molar-refractivity contribution in [3.8, 4) is 0 Å². The molecule has 0 unspecified atom stereocenters. The molecule has 0 aromatic heterocycles. The molecule has 1 N–H and O–H groups in total. The normalized spacial score (nSPS) is 14.5.